The third kappa shape index (κ3) is 2.82. The lowest BCUT2D eigenvalue weighted by Crippen LogP contribution is -2.43. The number of rotatable bonds is 5. The smallest absolute Gasteiger partial charge is 0.261 e. The van der Waals surface area contributed by atoms with E-state index in [4.69, 9.17) is 5.73 Å². The molecule has 0 unspecified atom stereocenters. The van der Waals surface area contributed by atoms with Crippen LogP contribution in [0.3, 0.4) is 0 Å². The van der Waals surface area contributed by atoms with Crippen molar-refractivity contribution in [3.05, 3.63) is 12.0 Å². The van der Waals surface area contributed by atoms with Crippen molar-refractivity contribution < 1.29 is 8.42 Å². The highest BCUT2D eigenvalue weighted by atomic mass is 32.2. The van der Waals surface area contributed by atoms with E-state index in [-0.39, 0.29) is 11.1 Å². The number of nitrogens with two attached hydrogens (primary N) is 1. The summed E-state index contributed by atoms with van der Waals surface area (Å²) in [5, 5.41) is 0.137. The van der Waals surface area contributed by atoms with Gasteiger partial charge in [-0.2, -0.15) is 4.31 Å². The van der Waals surface area contributed by atoms with Crippen LogP contribution >= 0.6 is 0 Å². The van der Waals surface area contributed by atoms with Crippen LogP contribution in [0.1, 0.15) is 25.6 Å². The summed E-state index contributed by atoms with van der Waals surface area (Å²) in [6, 6.07) is 0.239. The van der Waals surface area contributed by atoms with Gasteiger partial charge in [0, 0.05) is 32.4 Å². The van der Waals surface area contributed by atoms with Crippen molar-refractivity contribution in [1.29, 1.82) is 0 Å². The summed E-state index contributed by atoms with van der Waals surface area (Å²) in [6.07, 6.45) is 3.41. The Bertz CT molecular complexity index is 546. The lowest BCUT2D eigenvalue weighted by atomic mass is 9.81. The van der Waals surface area contributed by atoms with Crippen molar-refractivity contribution in [3.63, 3.8) is 0 Å². The van der Waals surface area contributed by atoms with Gasteiger partial charge >= 0.3 is 0 Å². The van der Waals surface area contributed by atoms with Crippen molar-refractivity contribution in [1.82, 2.24) is 13.9 Å². The summed E-state index contributed by atoms with van der Waals surface area (Å²) < 4.78 is 28.0. The normalized spacial score (nSPS) is 23.6. The molecule has 1 aromatic rings. The molecular weight excluding hydrogens is 264 g/mol. The minimum Gasteiger partial charge on any atom is -0.334 e. The van der Waals surface area contributed by atoms with E-state index in [1.165, 1.54) is 4.31 Å². The first-order chi connectivity index (χ1) is 8.84. The molecule has 19 heavy (non-hydrogen) atoms. The highest BCUT2D eigenvalue weighted by Crippen LogP contribution is 2.27. The van der Waals surface area contributed by atoms with Gasteiger partial charge in [-0.3, -0.25) is 0 Å². The standard InChI is InChI=1S/C12H22N4O2S/c1-4-16-8-12(14-9(16)2)19(17,18)15(3)7-10-5-11(13)6-10/h8,10-11H,4-7,13H2,1-3H3. The molecular formula is C12H22N4O2S. The Morgan fingerprint density at radius 3 is 2.63 bits per heavy atom. The molecule has 0 aromatic carbocycles. The van der Waals surface area contributed by atoms with Crippen LogP contribution in [0.5, 0.6) is 0 Å². The van der Waals surface area contributed by atoms with Gasteiger partial charge in [-0.1, -0.05) is 0 Å². The van der Waals surface area contributed by atoms with E-state index in [0.29, 0.717) is 12.5 Å². The summed E-state index contributed by atoms with van der Waals surface area (Å²) >= 11 is 0. The number of imidazole rings is 1. The Kier molecular flexibility index (Phi) is 3.98. The first-order valence-corrected chi connectivity index (χ1v) is 8.04. The predicted octanol–water partition coefficient (Wildman–Crippen LogP) is 0.569. The Hall–Kier alpha value is -0.920. The van der Waals surface area contributed by atoms with E-state index >= 15 is 0 Å². The van der Waals surface area contributed by atoms with Crippen molar-refractivity contribution in [2.45, 2.75) is 44.3 Å². The molecule has 1 aliphatic carbocycles. The number of aryl methyl sites for hydroxylation is 2. The maximum absolute atomic E-state index is 12.4. The second-order valence-electron chi connectivity index (χ2n) is 5.30. The average Bonchev–Trinajstić information content (AvgIpc) is 2.69. The van der Waals surface area contributed by atoms with Crippen LogP contribution in [-0.2, 0) is 16.6 Å². The fourth-order valence-corrected chi connectivity index (χ4v) is 3.72. The molecule has 0 spiro atoms. The second-order valence-corrected chi connectivity index (χ2v) is 7.29. The van der Waals surface area contributed by atoms with Crippen LogP contribution in [-0.4, -0.2) is 41.9 Å². The van der Waals surface area contributed by atoms with Gasteiger partial charge in [0.15, 0.2) is 5.03 Å². The van der Waals surface area contributed by atoms with E-state index in [0.717, 1.165) is 25.2 Å². The summed E-state index contributed by atoms with van der Waals surface area (Å²) in [6.45, 7) is 5.02. The molecule has 1 aliphatic rings. The maximum Gasteiger partial charge on any atom is 0.261 e. The van der Waals surface area contributed by atoms with Gasteiger partial charge in [-0.15, -0.1) is 0 Å². The molecule has 2 N–H and O–H groups in total. The molecule has 1 fully saturated rings. The molecule has 1 saturated carbocycles. The van der Waals surface area contributed by atoms with Crippen LogP contribution in [0.2, 0.25) is 0 Å². The zero-order valence-electron chi connectivity index (χ0n) is 11.7. The number of hydrogen-bond donors (Lipinski definition) is 1. The van der Waals surface area contributed by atoms with E-state index in [9.17, 15) is 8.42 Å². The molecule has 0 aliphatic heterocycles. The lowest BCUT2D eigenvalue weighted by molar-refractivity contribution is 0.227. The van der Waals surface area contributed by atoms with Gasteiger partial charge in [0.05, 0.1) is 0 Å². The van der Waals surface area contributed by atoms with Crippen molar-refractivity contribution in [3.8, 4) is 0 Å². The van der Waals surface area contributed by atoms with Crippen LogP contribution in [0.15, 0.2) is 11.2 Å². The average molecular weight is 286 g/mol. The molecule has 0 amide bonds. The quantitative estimate of drug-likeness (QED) is 0.858. The van der Waals surface area contributed by atoms with Crippen LogP contribution in [0.4, 0.5) is 0 Å². The Labute approximate surface area is 114 Å². The fraction of sp³-hybridized carbons (Fsp3) is 0.750. The summed E-state index contributed by atoms with van der Waals surface area (Å²) in [5.74, 6) is 1.10. The first-order valence-electron chi connectivity index (χ1n) is 6.60. The molecule has 7 heteroatoms. The molecule has 0 radical (unpaired) electrons. The minimum atomic E-state index is -3.48. The number of aromatic nitrogens is 2. The zero-order valence-corrected chi connectivity index (χ0v) is 12.5. The molecule has 0 atom stereocenters. The fourth-order valence-electron chi connectivity index (χ4n) is 2.48. The maximum atomic E-state index is 12.4. The van der Waals surface area contributed by atoms with Crippen LogP contribution in [0, 0.1) is 12.8 Å². The monoisotopic (exact) mass is 286 g/mol. The van der Waals surface area contributed by atoms with Crippen LogP contribution < -0.4 is 5.73 Å². The minimum absolute atomic E-state index is 0.137. The second kappa shape index (κ2) is 5.22. The molecule has 1 heterocycles. The molecule has 2 rings (SSSR count). The SMILES string of the molecule is CCn1cc(S(=O)(=O)N(C)CC2CC(N)C2)nc1C. The highest BCUT2D eigenvalue weighted by Gasteiger charge is 2.32. The molecule has 108 valence electrons. The van der Waals surface area contributed by atoms with Crippen LogP contribution in [0.25, 0.3) is 0 Å². The topological polar surface area (TPSA) is 81.2 Å². The summed E-state index contributed by atoms with van der Waals surface area (Å²) in [4.78, 5) is 4.15. The summed E-state index contributed by atoms with van der Waals surface area (Å²) in [7, 11) is -1.87. The Morgan fingerprint density at radius 1 is 1.53 bits per heavy atom. The molecule has 1 aromatic heterocycles. The van der Waals surface area contributed by atoms with Gasteiger partial charge in [0.2, 0.25) is 0 Å². The van der Waals surface area contributed by atoms with Gasteiger partial charge in [-0.05, 0) is 32.6 Å². The van der Waals surface area contributed by atoms with Gasteiger partial charge in [0.25, 0.3) is 10.0 Å². The third-order valence-electron chi connectivity index (χ3n) is 3.76. The number of nitrogens with zero attached hydrogens (tertiary/aromatic N) is 3. The molecule has 6 nitrogen and oxygen atoms in total. The van der Waals surface area contributed by atoms with E-state index in [1.807, 2.05) is 18.4 Å². The largest absolute Gasteiger partial charge is 0.334 e. The molecule has 0 saturated heterocycles. The van der Waals surface area contributed by atoms with Crippen molar-refractivity contribution in [2.24, 2.45) is 11.7 Å². The first kappa shape index (κ1) is 14.5. The van der Waals surface area contributed by atoms with Crippen molar-refractivity contribution >= 4 is 10.0 Å². The third-order valence-corrected chi connectivity index (χ3v) is 5.45. The number of sulfonamides is 1. The Morgan fingerprint density at radius 2 is 2.16 bits per heavy atom. The van der Waals surface area contributed by atoms with E-state index in [1.54, 1.807) is 13.2 Å². The number of hydrogen-bond acceptors (Lipinski definition) is 4. The zero-order chi connectivity index (χ0) is 14.2. The van der Waals surface area contributed by atoms with Crippen molar-refractivity contribution in [2.75, 3.05) is 13.6 Å². The molecule has 0 bridgehead atoms. The van der Waals surface area contributed by atoms with Gasteiger partial charge in [0.1, 0.15) is 5.82 Å². The lowest BCUT2D eigenvalue weighted by Gasteiger charge is -2.34. The summed E-state index contributed by atoms with van der Waals surface area (Å²) in [5.41, 5.74) is 5.72. The van der Waals surface area contributed by atoms with E-state index in [2.05, 4.69) is 4.98 Å². The van der Waals surface area contributed by atoms with E-state index < -0.39 is 10.0 Å². The van der Waals surface area contributed by atoms with Gasteiger partial charge < -0.3 is 10.3 Å². The predicted molar refractivity (Wildman–Crippen MR) is 73.2 cm³/mol. The Balaban J connectivity index is 2.11. The highest BCUT2D eigenvalue weighted by molar-refractivity contribution is 7.89. The van der Waals surface area contributed by atoms with Gasteiger partial charge in [-0.25, -0.2) is 13.4 Å².